The van der Waals surface area contributed by atoms with Crippen molar-refractivity contribution in [3.63, 3.8) is 0 Å². The van der Waals surface area contributed by atoms with Gasteiger partial charge in [-0.2, -0.15) is 0 Å². The second-order valence-corrected chi connectivity index (χ2v) is 7.45. The molecule has 1 heterocycles. The Balaban J connectivity index is 1.59. The Morgan fingerprint density at radius 1 is 1.10 bits per heavy atom. The molecule has 2 amide bonds. The molecule has 0 aliphatic heterocycles. The lowest BCUT2D eigenvalue weighted by atomic mass is 10.1. The minimum Gasteiger partial charge on any atom is -0.305 e. The summed E-state index contributed by atoms with van der Waals surface area (Å²) >= 11 is 3.50. The van der Waals surface area contributed by atoms with Crippen LogP contribution in [0.5, 0.6) is 0 Å². The van der Waals surface area contributed by atoms with Crippen LogP contribution in [-0.4, -0.2) is 22.0 Å². The zero-order valence-corrected chi connectivity index (χ0v) is 17.4. The third-order valence-electron chi connectivity index (χ3n) is 4.63. The summed E-state index contributed by atoms with van der Waals surface area (Å²) in [6.45, 7) is 1.70. The van der Waals surface area contributed by atoms with Crippen LogP contribution in [0.3, 0.4) is 0 Å². The van der Waals surface area contributed by atoms with Crippen LogP contribution in [0.1, 0.15) is 11.3 Å². The van der Waals surface area contributed by atoms with E-state index in [2.05, 4.69) is 31.3 Å². The van der Waals surface area contributed by atoms with Gasteiger partial charge in [-0.25, -0.2) is 18.9 Å². The monoisotopic (exact) mass is 466 g/mol. The molecule has 1 aromatic heterocycles. The summed E-state index contributed by atoms with van der Waals surface area (Å²) in [5.41, 5.74) is 1.50. The first kappa shape index (κ1) is 19.8. The summed E-state index contributed by atoms with van der Waals surface area (Å²) in [6.07, 6.45) is 1.23. The number of urea groups is 1. The van der Waals surface area contributed by atoms with Crippen LogP contribution >= 0.6 is 15.9 Å². The standard InChI is InChI=1S/C22H16BrFN4O2/c1-13-18(21(29)28(27-13)15-8-6-14(24)7-9-15)12-25-22(30)26-20-11-10-19(23)16-4-2-3-5-17(16)20/h2-12,27H,1H3,(H,26,30). The normalized spacial score (nSPS) is 11.3. The first-order valence-corrected chi connectivity index (χ1v) is 9.83. The molecule has 2 N–H and O–H groups in total. The molecule has 0 unspecified atom stereocenters. The minimum atomic E-state index is -0.601. The number of aromatic amines is 1. The smallest absolute Gasteiger partial charge is 0.305 e. The van der Waals surface area contributed by atoms with Crippen molar-refractivity contribution in [3.8, 4) is 5.69 Å². The molecule has 0 fully saturated rings. The predicted octanol–water partition coefficient (Wildman–Crippen LogP) is 5.18. The Kier molecular flexibility index (Phi) is 5.33. The minimum absolute atomic E-state index is 0.245. The van der Waals surface area contributed by atoms with Gasteiger partial charge in [-0.15, -0.1) is 0 Å². The fourth-order valence-electron chi connectivity index (χ4n) is 3.13. The van der Waals surface area contributed by atoms with Gasteiger partial charge in [0.1, 0.15) is 5.82 Å². The van der Waals surface area contributed by atoms with Gasteiger partial charge in [0, 0.05) is 21.8 Å². The fourth-order valence-corrected chi connectivity index (χ4v) is 3.60. The maximum absolute atomic E-state index is 13.1. The Labute approximate surface area is 179 Å². The Bertz CT molecular complexity index is 1340. The van der Waals surface area contributed by atoms with E-state index in [1.54, 1.807) is 13.0 Å². The molecule has 4 rings (SSSR count). The van der Waals surface area contributed by atoms with Gasteiger partial charge in [0.2, 0.25) is 0 Å². The van der Waals surface area contributed by atoms with Crippen molar-refractivity contribution in [3.05, 3.63) is 92.6 Å². The van der Waals surface area contributed by atoms with E-state index >= 15 is 0 Å². The molecule has 0 radical (unpaired) electrons. The predicted molar refractivity (Wildman–Crippen MR) is 119 cm³/mol. The number of halogens is 2. The number of anilines is 1. The molecule has 3 aromatic carbocycles. The molecule has 0 atom stereocenters. The van der Waals surface area contributed by atoms with Crippen molar-refractivity contribution in [2.24, 2.45) is 4.99 Å². The molecule has 0 saturated heterocycles. The van der Waals surface area contributed by atoms with Crippen LogP contribution in [0.4, 0.5) is 14.9 Å². The number of aryl methyl sites for hydroxylation is 1. The van der Waals surface area contributed by atoms with Crippen LogP contribution in [0, 0.1) is 12.7 Å². The number of nitrogens with one attached hydrogen (secondary N) is 2. The van der Waals surface area contributed by atoms with E-state index in [0.717, 1.165) is 15.2 Å². The molecular formula is C22H16BrFN4O2. The number of rotatable bonds is 3. The number of aliphatic imine (C=N–C) groups is 1. The maximum Gasteiger partial charge on any atom is 0.345 e. The van der Waals surface area contributed by atoms with Gasteiger partial charge in [0.25, 0.3) is 5.56 Å². The molecule has 0 bridgehead atoms. The number of nitrogens with zero attached hydrogens (tertiary/aromatic N) is 2. The molecule has 4 aromatic rings. The molecule has 150 valence electrons. The zero-order chi connectivity index (χ0) is 21.3. The van der Waals surface area contributed by atoms with Crippen LogP contribution in [-0.2, 0) is 0 Å². The van der Waals surface area contributed by atoms with Crippen LogP contribution < -0.4 is 10.9 Å². The number of carbonyl (C=O) groups excluding carboxylic acids is 1. The van der Waals surface area contributed by atoms with Gasteiger partial charge in [-0.3, -0.25) is 9.89 Å². The van der Waals surface area contributed by atoms with Crippen molar-refractivity contribution in [1.29, 1.82) is 0 Å². The van der Waals surface area contributed by atoms with Crippen molar-refractivity contribution in [1.82, 2.24) is 9.78 Å². The van der Waals surface area contributed by atoms with E-state index in [1.165, 1.54) is 35.2 Å². The number of amides is 2. The Morgan fingerprint density at radius 2 is 1.80 bits per heavy atom. The van der Waals surface area contributed by atoms with E-state index in [0.29, 0.717) is 17.1 Å². The second-order valence-electron chi connectivity index (χ2n) is 6.60. The lowest BCUT2D eigenvalue weighted by molar-refractivity contribution is 0.259. The third-order valence-corrected chi connectivity index (χ3v) is 5.32. The van der Waals surface area contributed by atoms with Crippen LogP contribution in [0.25, 0.3) is 16.5 Å². The molecule has 0 spiro atoms. The Hall–Kier alpha value is -3.52. The van der Waals surface area contributed by atoms with Gasteiger partial charge in [0.05, 0.1) is 16.9 Å². The number of H-pyrrole nitrogens is 1. The highest BCUT2D eigenvalue weighted by Gasteiger charge is 2.12. The number of benzene rings is 3. The van der Waals surface area contributed by atoms with Crippen molar-refractivity contribution in [2.75, 3.05) is 5.32 Å². The van der Waals surface area contributed by atoms with Crippen molar-refractivity contribution < 1.29 is 9.18 Å². The number of fused-ring (bicyclic) bond motifs is 1. The molecule has 0 aliphatic carbocycles. The lowest BCUT2D eigenvalue weighted by Gasteiger charge is -2.08. The molecular weight excluding hydrogens is 451 g/mol. The number of hydrogen-bond donors (Lipinski definition) is 2. The van der Waals surface area contributed by atoms with Gasteiger partial charge < -0.3 is 5.32 Å². The molecule has 8 heteroatoms. The molecule has 30 heavy (non-hydrogen) atoms. The average molecular weight is 467 g/mol. The number of carbonyl (C=O) groups is 1. The Morgan fingerprint density at radius 3 is 2.53 bits per heavy atom. The molecule has 6 nitrogen and oxygen atoms in total. The van der Waals surface area contributed by atoms with Gasteiger partial charge in [-0.1, -0.05) is 40.2 Å². The van der Waals surface area contributed by atoms with Gasteiger partial charge in [0.15, 0.2) is 0 Å². The number of hydrogen-bond acceptors (Lipinski definition) is 2. The highest BCUT2D eigenvalue weighted by Crippen LogP contribution is 2.30. The largest absolute Gasteiger partial charge is 0.345 e. The van der Waals surface area contributed by atoms with Crippen molar-refractivity contribution in [2.45, 2.75) is 6.92 Å². The number of aromatic nitrogens is 2. The van der Waals surface area contributed by atoms with E-state index < -0.39 is 11.8 Å². The lowest BCUT2D eigenvalue weighted by Crippen LogP contribution is -2.17. The van der Waals surface area contributed by atoms with Crippen molar-refractivity contribution >= 4 is 44.6 Å². The summed E-state index contributed by atoms with van der Waals surface area (Å²) in [5, 5.41) is 7.48. The summed E-state index contributed by atoms with van der Waals surface area (Å²) < 4.78 is 15.3. The van der Waals surface area contributed by atoms with Crippen LogP contribution in [0.15, 0.2) is 74.9 Å². The van der Waals surface area contributed by atoms with E-state index in [9.17, 15) is 14.0 Å². The van der Waals surface area contributed by atoms with Crippen LogP contribution in [0.2, 0.25) is 0 Å². The van der Waals surface area contributed by atoms with E-state index in [1.807, 2.05) is 30.3 Å². The first-order chi connectivity index (χ1) is 14.4. The summed E-state index contributed by atoms with van der Waals surface area (Å²) in [7, 11) is 0. The quantitative estimate of drug-likeness (QED) is 0.408. The summed E-state index contributed by atoms with van der Waals surface area (Å²) in [4.78, 5) is 28.9. The highest BCUT2D eigenvalue weighted by atomic mass is 79.9. The van der Waals surface area contributed by atoms with Gasteiger partial charge >= 0.3 is 6.03 Å². The maximum atomic E-state index is 13.1. The summed E-state index contributed by atoms with van der Waals surface area (Å²) in [6, 6.07) is 16.2. The van der Waals surface area contributed by atoms with E-state index in [4.69, 9.17) is 0 Å². The van der Waals surface area contributed by atoms with Gasteiger partial charge in [-0.05, 0) is 48.7 Å². The summed E-state index contributed by atoms with van der Waals surface area (Å²) in [5.74, 6) is -0.394. The molecule has 0 saturated carbocycles. The first-order valence-electron chi connectivity index (χ1n) is 9.04. The fraction of sp³-hybridized carbons (Fsp3) is 0.0455. The van der Waals surface area contributed by atoms with E-state index in [-0.39, 0.29) is 11.1 Å². The molecule has 0 aliphatic rings. The topological polar surface area (TPSA) is 79.2 Å². The SMILES string of the molecule is Cc1[nH]n(-c2ccc(F)cc2)c(=O)c1C=NC(=O)Nc1ccc(Br)c2ccccc12. The third kappa shape index (κ3) is 3.81. The zero-order valence-electron chi connectivity index (χ0n) is 15.8. The second kappa shape index (κ2) is 8.08. The average Bonchev–Trinajstić information content (AvgIpc) is 3.03. The highest BCUT2D eigenvalue weighted by molar-refractivity contribution is 9.10.